The zero-order valence-corrected chi connectivity index (χ0v) is 18.6. The molecule has 1 amide bonds. The molecule has 0 saturated carbocycles. The summed E-state index contributed by atoms with van der Waals surface area (Å²) < 4.78 is 28.0. The third-order valence-electron chi connectivity index (χ3n) is 5.81. The molecule has 7 nitrogen and oxygen atoms in total. The highest BCUT2D eigenvalue weighted by Crippen LogP contribution is 2.27. The number of aryl methyl sites for hydroxylation is 3. The van der Waals surface area contributed by atoms with Gasteiger partial charge in [0.05, 0.1) is 11.3 Å². The van der Waals surface area contributed by atoms with Gasteiger partial charge in [-0.25, -0.2) is 8.42 Å². The average Bonchev–Trinajstić information content (AvgIpc) is 2.71. The Bertz CT molecular complexity index is 1080. The third-order valence-corrected chi connectivity index (χ3v) is 7.68. The fraction of sp³-hybridized carbons (Fsp3) is 0.409. The molecule has 160 valence electrons. The average molecular weight is 430 g/mol. The van der Waals surface area contributed by atoms with Crippen LogP contribution in [0.2, 0.25) is 0 Å². The number of benzene rings is 2. The maximum atomic E-state index is 13.2. The first kappa shape index (κ1) is 22.1. The van der Waals surface area contributed by atoms with Gasteiger partial charge < -0.3 is 4.90 Å². The standard InChI is InChI=1S/C22H27N3O4S/c1-15-5-7-20(11-17(15)3)25-10-9-24(14-18(25)4)30(28,29)21-8-6-16(2)19(12-21)13-22(26)23-27/h5-8,11-12,18H,9-10,13-14H2,1-4H3/t18-/m0/s1. The smallest absolute Gasteiger partial charge is 0.290 e. The quantitative estimate of drug-likeness (QED) is 0.680. The fourth-order valence-electron chi connectivity index (χ4n) is 3.77. The van der Waals surface area contributed by atoms with E-state index in [9.17, 15) is 18.1 Å². The second-order valence-electron chi connectivity index (χ2n) is 7.92. The molecule has 0 radical (unpaired) electrons. The number of hydrogen-bond donors (Lipinski definition) is 0. The van der Waals surface area contributed by atoms with Crippen molar-refractivity contribution in [3.63, 3.8) is 0 Å². The van der Waals surface area contributed by atoms with Crippen LogP contribution in [-0.4, -0.2) is 44.3 Å². The fourth-order valence-corrected chi connectivity index (χ4v) is 5.34. The summed E-state index contributed by atoms with van der Waals surface area (Å²) in [5.74, 6) is -0.816. The summed E-state index contributed by atoms with van der Waals surface area (Å²) in [4.78, 5) is 24.2. The molecule has 1 heterocycles. The number of piperazine rings is 1. The molecular weight excluding hydrogens is 402 g/mol. The van der Waals surface area contributed by atoms with Gasteiger partial charge in [0.2, 0.25) is 10.0 Å². The predicted octanol–water partition coefficient (Wildman–Crippen LogP) is 3.35. The minimum absolute atomic E-state index is 0.0152. The van der Waals surface area contributed by atoms with Crippen LogP contribution in [0.5, 0.6) is 0 Å². The molecule has 1 aliphatic rings. The SMILES string of the molecule is Cc1ccc(N2CCN(S(=O)(=O)c3ccc(C)c(CC(=O)N=O)c3)C[C@@H]2C)cc1C. The summed E-state index contributed by atoms with van der Waals surface area (Å²) in [6.07, 6.45) is -0.199. The van der Waals surface area contributed by atoms with E-state index in [4.69, 9.17) is 0 Å². The summed E-state index contributed by atoms with van der Waals surface area (Å²) in [7, 11) is -3.71. The van der Waals surface area contributed by atoms with Crippen molar-refractivity contribution in [1.82, 2.24) is 4.31 Å². The molecule has 0 aliphatic carbocycles. The summed E-state index contributed by atoms with van der Waals surface area (Å²) in [6, 6.07) is 11.0. The summed E-state index contributed by atoms with van der Waals surface area (Å²) in [5, 5.41) is 2.41. The number of hydrogen-bond acceptors (Lipinski definition) is 5. The highest BCUT2D eigenvalue weighted by atomic mass is 32.2. The number of anilines is 1. The predicted molar refractivity (Wildman–Crippen MR) is 117 cm³/mol. The third kappa shape index (κ3) is 4.44. The van der Waals surface area contributed by atoms with E-state index in [0.29, 0.717) is 25.2 Å². The Labute approximate surface area is 177 Å². The van der Waals surface area contributed by atoms with Gasteiger partial charge in [-0.05, 0) is 74.2 Å². The van der Waals surface area contributed by atoms with E-state index in [1.807, 2.05) is 6.92 Å². The molecule has 0 spiro atoms. The number of carbonyl (C=O) groups is 1. The van der Waals surface area contributed by atoms with Crippen molar-refractivity contribution in [2.75, 3.05) is 24.5 Å². The first-order valence-corrected chi connectivity index (χ1v) is 11.4. The van der Waals surface area contributed by atoms with Crippen molar-refractivity contribution in [2.24, 2.45) is 5.18 Å². The van der Waals surface area contributed by atoms with E-state index < -0.39 is 15.9 Å². The van der Waals surface area contributed by atoms with Gasteiger partial charge >= 0.3 is 0 Å². The lowest BCUT2D eigenvalue weighted by atomic mass is 10.1. The molecule has 0 aromatic heterocycles. The van der Waals surface area contributed by atoms with Gasteiger partial charge in [-0.3, -0.25) is 4.79 Å². The van der Waals surface area contributed by atoms with E-state index in [-0.39, 0.29) is 17.4 Å². The van der Waals surface area contributed by atoms with Crippen LogP contribution in [0.4, 0.5) is 5.69 Å². The number of sulfonamides is 1. The van der Waals surface area contributed by atoms with Crippen LogP contribution in [-0.2, 0) is 21.2 Å². The molecule has 0 unspecified atom stereocenters. The first-order valence-electron chi connectivity index (χ1n) is 9.93. The normalized spacial score (nSPS) is 17.7. The minimum atomic E-state index is -3.71. The van der Waals surface area contributed by atoms with E-state index in [0.717, 1.165) is 11.3 Å². The molecular formula is C22H27N3O4S. The molecule has 2 aromatic rings. The molecule has 1 fully saturated rings. The highest BCUT2D eigenvalue weighted by molar-refractivity contribution is 7.89. The van der Waals surface area contributed by atoms with Gasteiger partial charge in [-0.2, -0.15) is 4.31 Å². The van der Waals surface area contributed by atoms with Crippen LogP contribution in [0.1, 0.15) is 29.2 Å². The van der Waals surface area contributed by atoms with Gasteiger partial charge in [0.15, 0.2) is 0 Å². The highest BCUT2D eigenvalue weighted by Gasteiger charge is 2.32. The molecule has 2 aromatic carbocycles. The molecule has 30 heavy (non-hydrogen) atoms. The van der Waals surface area contributed by atoms with E-state index in [2.05, 4.69) is 42.1 Å². The zero-order valence-electron chi connectivity index (χ0n) is 17.8. The topological polar surface area (TPSA) is 87.1 Å². The number of amides is 1. The van der Waals surface area contributed by atoms with Gasteiger partial charge in [-0.1, -0.05) is 12.1 Å². The lowest BCUT2D eigenvalue weighted by Gasteiger charge is -2.40. The number of nitrogens with zero attached hydrogens (tertiary/aromatic N) is 3. The van der Waals surface area contributed by atoms with E-state index in [1.165, 1.54) is 21.5 Å². The van der Waals surface area contributed by atoms with Crippen molar-refractivity contribution in [2.45, 2.75) is 45.1 Å². The van der Waals surface area contributed by atoms with Crippen LogP contribution in [0, 0.1) is 25.7 Å². The van der Waals surface area contributed by atoms with Crippen LogP contribution in [0.15, 0.2) is 46.5 Å². The van der Waals surface area contributed by atoms with Gasteiger partial charge in [0, 0.05) is 36.5 Å². The Morgan fingerprint density at radius 2 is 1.73 bits per heavy atom. The molecule has 0 bridgehead atoms. The Morgan fingerprint density at radius 1 is 1.03 bits per heavy atom. The van der Waals surface area contributed by atoms with Crippen molar-refractivity contribution in [1.29, 1.82) is 0 Å². The van der Waals surface area contributed by atoms with E-state index in [1.54, 1.807) is 19.1 Å². The van der Waals surface area contributed by atoms with E-state index >= 15 is 0 Å². The molecule has 1 saturated heterocycles. The zero-order chi connectivity index (χ0) is 22.1. The van der Waals surface area contributed by atoms with Gasteiger partial charge in [0.25, 0.3) is 5.91 Å². The van der Waals surface area contributed by atoms with Crippen LogP contribution in [0.25, 0.3) is 0 Å². The number of rotatable bonds is 5. The lowest BCUT2D eigenvalue weighted by molar-refractivity contribution is -0.117. The molecule has 3 rings (SSSR count). The van der Waals surface area contributed by atoms with Crippen molar-refractivity contribution in [3.8, 4) is 0 Å². The van der Waals surface area contributed by atoms with Crippen molar-refractivity contribution < 1.29 is 13.2 Å². The summed E-state index contributed by atoms with van der Waals surface area (Å²) in [5.41, 5.74) is 4.79. The second kappa shape index (κ2) is 8.65. The Balaban J connectivity index is 1.81. The van der Waals surface area contributed by atoms with Gasteiger partial charge in [-0.15, -0.1) is 4.91 Å². The van der Waals surface area contributed by atoms with Crippen molar-refractivity contribution in [3.05, 3.63) is 63.6 Å². The second-order valence-corrected chi connectivity index (χ2v) is 9.86. The monoisotopic (exact) mass is 429 g/mol. The Morgan fingerprint density at radius 3 is 2.37 bits per heavy atom. The maximum Gasteiger partial charge on any atom is 0.290 e. The molecule has 1 atom stereocenters. The number of nitroso groups, excluding NO2 is 1. The Hall–Kier alpha value is -2.58. The van der Waals surface area contributed by atoms with Crippen LogP contribution >= 0.6 is 0 Å². The molecule has 0 N–H and O–H groups in total. The summed E-state index contributed by atoms with van der Waals surface area (Å²) in [6.45, 7) is 9.27. The minimum Gasteiger partial charge on any atom is -0.366 e. The number of carbonyl (C=O) groups excluding carboxylic acids is 1. The van der Waals surface area contributed by atoms with Gasteiger partial charge in [0.1, 0.15) is 0 Å². The van der Waals surface area contributed by atoms with Crippen LogP contribution in [0.3, 0.4) is 0 Å². The first-order chi connectivity index (χ1) is 14.1. The van der Waals surface area contributed by atoms with Crippen molar-refractivity contribution >= 4 is 21.6 Å². The van der Waals surface area contributed by atoms with Crippen LogP contribution < -0.4 is 4.90 Å². The summed E-state index contributed by atoms with van der Waals surface area (Å²) >= 11 is 0. The largest absolute Gasteiger partial charge is 0.366 e. The molecule has 1 aliphatic heterocycles. The lowest BCUT2D eigenvalue weighted by Crippen LogP contribution is -2.53. The maximum absolute atomic E-state index is 13.2. The Kier molecular flexibility index (Phi) is 6.38. The molecule has 8 heteroatoms.